The zero-order valence-corrected chi connectivity index (χ0v) is 12.4. The molecule has 0 aliphatic rings. The predicted molar refractivity (Wildman–Crippen MR) is 77.5 cm³/mol. The first-order valence-corrected chi connectivity index (χ1v) is 7.13. The van der Waals surface area contributed by atoms with E-state index in [9.17, 15) is 18.0 Å². The van der Waals surface area contributed by atoms with E-state index >= 15 is 0 Å². The molecule has 0 fully saturated rings. The van der Waals surface area contributed by atoms with Crippen molar-refractivity contribution in [2.45, 2.75) is 38.9 Å². The van der Waals surface area contributed by atoms with E-state index in [4.69, 9.17) is 0 Å². The summed E-state index contributed by atoms with van der Waals surface area (Å²) >= 11 is 0. The fraction of sp³-hybridized carbons (Fsp3) is 0.467. The van der Waals surface area contributed by atoms with E-state index in [0.717, 1.165) is 17.5 Å². The number of alkyl halides is 3. The third-order valence-corrected chi connectivity index (χ3v) is 3.37. The predicted octanol–water partition coefficient (Wildman–Crippen LogP) is 3.23. The van der Waals surface area contributed by atoms with Crippen molar-refractivity contribution in [3.63, 3.8) is 0 Å². The van der Waals surface area contributed by atoms with Crippen molar-refractivity contribution in [2.75, 3.05) is 6.54 Å². The molecule has 1 atom stereocenters. The van der Waals surface area contributed by atoms with Gasteiger partial charge in [0.25, 0.3) is 0 Å². The number of nitrogens with one attached hydrogen (secondary N) is 1. The van der Waals surface area contributed by atoms with Crippen LogP contribution in [0.15, 0.2) is 24.3 Å². The fourth-order valence-corrected chi connectivity index (χ4v) is 2.38. The second kappa shape index (κ2) is 6.37. The summed E-state index contributed by atoms with van der Waals surface area (Å²) in [6.45, 7) is 2.24. The van der Waals surface area contributed by atoms with Gasteiger partial charge in [-0.1, -0.05) is 19.1 Å². The first-order valence-electron chi connectivity index (χ1n) is 7.13. The van der Waals surface area contributed by atoms with E-state index < -0.39 is 24.7 Å². The highest BCUT2D eigenvalue weighted by Crippen LogP contribution is 2.22. The maximum Gasteiger partial charge on any atom is 0.405 e. The van der Waals surface area contributed by atoms with Crippen molar-refractivity contribution in [3.8, 4) is 0 Å². The third kappa shape index (κ3) is 3.58. The van der Waals surface area contributed by atoms with E-state index in [1.54, 1.807) is 11.5 Å². The standard InChI is InChI=1S/C15H18F3N3O/c1-3-6-13-20-11-7-4-5-8-12(11)21(13)10(2)14(22)19-9-15(16,17)18/h4-5,7-8,10H,3,6,9H2,1-2H3,(H,19,22)/t10-/m0/s1. The van der Waals surface area contributed by atoms with Crippen LogP contribution in [0.3, 0.4) is 0 Å². The number of nitrogens with zero attached hydrogens (tertiary/aromatic N) is 2. The minimum atomic E-state index is -4.42. The van der Waals surface area contributed by atoms with Crippen molar-refractivity contribution in [2.24, 2.45) is 0 Å². The number of halogens is 3. The highest BCUT2D eigenvalue weighted by atomic mass is 19.4. The smallest absolute Gasteiger partial charge is 0.345 e. The lowest BCUT2D eigenvalue weighted by Gasteiger charge is -2.18. The van der Waals surface area contributed by atoms with Gasteiger partial charge >= 0.3 is 6.18 Å². The van der Waals surface area contributed by atoms with Gasteiger partial charge < -0.3 is 9.88 Å². The van der Waals surface area contributed by atoms with Crippen LogP contribution in [0.4, 0.5) is 13.2 Å². The molecule has 1 aromatic heterocycles. The topological polar surface area (TPSA) is 46.9 Å². The summed E-state index contributed by atoms with van der Waals surface area (Å²) in [6, 6.07) is 6.54. The zero-order chi connectivity index (χ0) is 16.3. The second-order valence-corrected chi connectivity index (χ2v) is 5.15. The minimum Gasteiger partial charge on any atom is -0.345 e. The molecule has 1 heterocycles. The summed E-state index contributed by atoms with van der Waals surface area (Å²) in [4.78, 5) is 16.5. The van der Waals surface area contributed by atoms with Crippen molar-refractivity contribution in [1.29, 1.82) is 0 Å². The lowest BCUT2D eigenvalue weighted by atomic mass is 10.2. The van der Waals surface area contributed by atoms with Crippen molar-refractivity contribution in [1.82, 2.24) is 14.9 Å². The Balaban J connectivity index is 2.31. The van der Waals surface area contributed by atoms with Gasteiger partial charge in [0.05, 0.1) is 11.0 Å². The number of benzene rings is 1. The van der Waals surface area contributed by atoms with E-state index in [-0.39, 0.29) is 0 Å². The Labute approximate surface area is 126 Å². The average molecular weight is 313 g/mol. The summed E-state index contributed by atoms with van der Waals surface area (Å²) in [5.74, 6) is 0.0381. The van der Waals surface area contributed by atoms with Gasteiger partial charge in [-0.2, -0.15) is 13.2 Å². The summed E-state index contributed by atoms with van der Waals surface area (Å²) in [6.07, 6.45) is -2.93. The Morgan fingerprint density at radius 1 is 1.36 bits per heavy atom. The Bertz CT molecular complexity index is 664. The molecule has 0 unspecified atom stereocenters. The number of fused-ring (bicyclic) bond motifs is 1. The molecule has 2 aromatic rings. The number of carbonyl (C=O) groups is 1. The van der Waals surface area contributed by atoms with Gasteiger partial charge in [-0.15, -0.1) is 0 Å². The second-order valence-electron chi connectivity index (χ2n) is 5.15. The van der Waals surface area contributed by atoms with Crippen LogP contribution in [0.2, 0.25) is 0 Å². The van der Waals surface area contributed by atoms with Crippen molar-refractivity contribution < 1.29 is 18.0 Å². The Kier molecular flexibility index (Phi) is 4.73. The number of carbonyl (C=O) groups excluding carboxylic acids is 1. The average Bonchev–Trinajstić information content (AvgIpc) is 2.81. The molecule has 4 nitrogen and oxygen atoms in total. The summed E-state index contributed by atoms with van der Waals surface area (Å²) in [7, 11) is 0. The van der Waals surface area contributed by atoms with E-state index in [0.29, 0.717) is 12.2 Å². The normalized spacial score (nSPS) is 13.3. The maximum atomic E-state index is 12.2. The Morgan fingerprint density at radius 2 is 2.05 bits per heavy atom. The SMILES string of the molecule is CCCc1nc2ccccc2n1[C@@H](C)C(=O)NCC(F)(F)F. The van der Waals surface area contributed by atoms with Gasteiger partial charge in [-0.3, -0.25) is 4.79 Å². The van der Waals surface area contributed by atoms with Crippen molar-refractivity contribution in [3.05, 3.63) is 30.1 Å². The van der Waals surface area contributed by atoms with Gasteiger partial charge in [0.1, 0.15) is 18.4 Å². The van der Waals surface area contributed by atoms with Crippen LogP contribution < -0.4 is 5.32 Å². The third-order valence-electron chi connectivity index (χ3n) is 3.37. The summed E-state index contributed by atoms with van der Waals surface area (Å²) in [5.41, 5.74) is 1.49. The fourth-order valence-electron chi connectivity index (χ4n) is 2.38. The molecule has 0 radical (unpaired) electrons. The number of amides is 1. The number of imidazole rings is 1. The largest absolute Gasteiger partial charge is 0.405 e. The number of hydrogen-bond acceptors (Lipinski definition) is 2. The molecule has 0 spiro atoms. The lowest BCUT2D eigenvalue weighted by Crippen LogP contribution is -2.38. The molecular weight excluding hydrogens is 295 g/mol. The van der Waals surface area contributed by atoms with E-state index in [2.05, 4.69) is 4.98 Å². The number of hydrogen-bond donors (Lipinski definition) is 1. The molecule has 7 heteroatoms. The molecule has 1 amide bonds. The summed E-state index contributed by atoms with van der Waals surface area (Å²) in [5, 5.41) is 1.93. The molecule has 2 rings (SSSR count). The van der Waals surface area contributed by atoms with Crippen LogP contribution in [0.1, 0.15) is 32.1 Å². The van der Waals surface area contributed by atoms with Gasteiger partial charge in [-0.25, -0.2) is 4.98 Å². The minimum absolute atomic E-state index is 0.658. The Morgan fingerprint density at radius 3 is 2.68 bits per heavy atom. The van der Waals surface area contributed by atoms with Gasteiger partial charge in [0, 0.05) is 6.42 Å². The van der Waals surface area contributed by atoms with Crippen LogP contribution in [0.5, 0.6) is 0 Å². The summed E-state index contributed by atoms with van der Waals surface area (Å²) < 4.78 is 38.4. The quantitative estimate of drug-likeness (QED) is 0.921. The van der Waals surface area contributed by atoms with E-state index in [1.165, 1.54) is 0 Å². The first-order chi connectivity index (χ1) is 10.3. The first kappa shape index (κ1) is 16.3. The molecule has 22 heavy (non-hydrogen) atoms. The van der Waals surface area contributed by atoms with Gasteiger partial charge in [0.15, 0.2) is 0 Å². The zero-order valence-electron chi connectivity index (χ0n) is 12.4. The molecule has 120 valence electrons. The highest BCUT2D eigenvalue weighted by molar-refractivity contribution is 5.84. The number of rotatable bonds is 5. The van der Waals surface area contributed by atoms with Crippen LogP contribution >= 0.6 is 0 Å². The van der Waals surface area contributed by atoms with Crippen LogP contribution in [-0.2, 0) is 11.2 Å². The highest BCUT2D eigenvalue weighted by Gasteiger charge is 2.29. The number of aromatic nitrogens is 2. The Hall–Kier alpha value is -2.05. The number of para-hydroxylation sites is 2. The molecular formula is C15H18F3N3O. The molecule has 0 saturated heterocycles. The maximum absolute atomic E-state index is 12.2. The van der Waals surface area contributed by atoms with E-state index in [1.807, 2.05) is 36.5 Å². The van der Waals surface area contributed by atoms with Crippen LogP contribution in [0, 0.1) is 0 Å². The van der Waals surface area contributed by atoms with Crippen LogP contribution in [-0.4, -0.2) is 28.2 Å². The lowest BCUT2D eigenvalue weighted by molar-refractivity contribution is -0.140. The molecule has 0 bridgehead atoms. The number of aryl methyl sites for hydroxylation is 1. The molecule has 0 aliphatic heterocycles. The molecule has 0 aliphatic carbocycles. The van der Waals surface area contributed by atoms with Gasteiger partial charge in [0.2, 0.25) is 5.91 Å². The molecule has 0 saturated carbocycles. The van der Waals surface area contributed by atoms with Crippen molar-refractivity contribution >= 4 is 16.9 Å². The van der Waals surface area contributed by atoms with Gasteiger partial charge in [-0.05, 0) is 25.5 Å². The molecule has 1 N–H and O–H groups in total. The molecule has 1 aromatic carbocycles. The monoisotopic (exact) mass is 313 g/mol. The van der Waals surface area contributed by atoms with Crippen LogP contribution in [0.25, 0.3) is 11.0 Å².